The van der Waals surface area contributed by atoms with Crippen LogP contribution in [0.15, 0.2) is 0 Å². The number of aliphatic hydroxyl groups excluding tert-OH is 1. The molecule has 0 radical (unpaired) electrons. The third kappa shape index (κ3) is 4.11. The van der Waals surface area contributed by atoms with E-state index in [0.29, 0.717) is 6.44 Å². The van der Waals surface area contributed by atoms with Crippen LogP contribution in [0.2, 0.25) is 0 Å². The van der Waals surface area contributed by atoms with Gasteiger partial charge in [0.25, 0.3) is 0 Å². The van der Waals surface area contributed by atoms with Crippen molar-refractivity contribution in [1.82, 2.24) is 4.90 Å². The van der Waals surface area contributed by atoms with Gasteiger partial charge in [-0.2, -0.15) is 0 Å². The Morgan fingerprint density at radius 1 is 1.50 bits per heavy atom. The molecule has 48 valence electrons. The highest BCUT2D eigenvalue weighted by Gasteiger charge is 2.08. The van der Waals surface area contributed by atoms with E-state index in [1.54, 1.807) is 0 Å². The van der Waals surface area contributed by atoms with Gasteiger partial charge in [-0.3, -0.25) is 0 Å². The molecule has 0 bridgehead atoms. The van der Waals surface area contributed by atoms with Crippen molar-refractivity contribution in [3.8, 4) is 0 Å². The van der Waals surface area contributed by atoms with Crippen molar-refractivity contribution in [2.24, 2.45) is 0 Å². The summed E-state index contributed by atoms with van der Waals surface area (Å²) in [6.45, 7) is -0.747. The second-order valence-electron chi connectivity index (χ2n) is 2.10. The summed E-state index contributed by atoms with van der Waals surface area (Å²) in [6, 6.07) is 0. The van der Waals surface area contributed by atoms with Crippen LogP contribution in [0.3, 0.4) is 0 Å². The maximum Gasteiger partial charge on any atom is 0.330 e. The van der Waals surface area contributed by atoms with Crippen molar-refractivity contribution in [3.05, 3.63) is 0 Å². The Bertz CT molecular complexity index is 60.0. The Balaban J connectivity index is 3.10. The highest BCUT2D eigenvalue weighted by molar-refractivity contribution is 6.50. The minimum atomic E-state index is -0.593. The van der Waals surface area contributed by atoms with Gasteiger partial charge in [0.05, 0.1) is 6.51 Å². The lowest BCUT2D eigenvalue weighted by Crippen LogP contribution is -2.33. The number of rotatable bonds is 3. The van der Waals surface area contributed by atoms with E-state index in [1.165, 1.54) is 0 Å². The van der Waals surface area contributed by atoms with Gasteiger partial charge in [0, 0.05) is 6.44 Å². The predicted octanol–water partition coefficient (Wildman–Crippen LogP) is -1.40. The molecule has 0 aliphatic rings. The molecule has 0 aliphatic carbocycles. The fraction of sp³-hybridized carbons (Fsp3) is 1.00. The lowest BCUT2D eigenvalue weighted by atomic mass is 9.70. The number of nitrogens with zero attached hydrogens (tertiary/aromatic N) is 1. The molecule has 4 heteroatoms. The summed E-state index contributed by atoms with van der Waals surface area (Å²) >= 11 is 0. The van der Waals surface area contributed by atoms with Gasteiger partial charge in [-0.25, -0.2) is 0 Å². The summed E-state index contributed by atoms with van der Waals surface area (Å²) in [5.41, 5.74) is 0. The van der Waals surface area contributed by atoms with Gasteiger partial charge >= 0.3 is 6.92 Å². The van der Waals surface area contributed by atoms with Gasteiger partial charge in [-0.15, -0.1) is 0 Å². The van der Waals surface area contributed by atoms with E-state index in [2.05, 4.69) is 0 Å². The monoisotopic (exact) mass is 117 g/mol. The van der Waals surface area contributed by atoms with E-state index >= 15 is 0 Å². The SMILES string of the molecule is CN(C)CB(O)CO. The molecule has 0 spiro atoms. The first kappa shape index (κ1) is 7.94. The summed E-state index contributed by atoms with van der Waals surface area (Å²) in [5.74, 6) is 0. The first-order valence-corrected chi connectivity index (χ1v) is 2.60. The number of hydrogen-bond acceptors (Lipinski definition) is 3. The van der Waals surface area contributed by atoms with Gasteiger partial charge < -0.3 is 15.0 Å². The average molecular weight is 117 g/mol. The molecule has 3 nitrogen and oxygen atoms in total. The van der Waals surface area contributed by atoms with Crippen molar-refractivity contribution in [2.45, 2.75) is 0 Å². The summed E-state index contributed by atoms with van der Waals surface area (Å²) in [4.78, 5) is 1.82. The summed E-state index contributed by atoms with van der Waals surface area (Å²) in [5, 5.41) is 17.0. The fourth-order valence-electron chi connectivity index (χ4n) is 0.479. The van der Waals surface area contributed by atoms with E-state index in [1.807, 2.05) is 19.0 Å². The second-order valence-corrected chi connectivity index (χ2v) is 2.10. The molecule has 0 unspecified atom stereocenters. The van der Waals surface area contributed by atoms with Crippen LogP contribution in [0.5, 0.6) is 0 Å². The van der Waals surface area contributed by atoms with Crippen LogP contribution in [0.4, 0.5) is 0 Å². The Labute approximate surface area is 50.0 Å². The minimum absolute atomic E-state index is 0.155. The Morgan fingerprint density at radius 3 is 2.12 bits per heavy atom. The summed E-state index contributed by atoms with van der Waals surface area (Å²) < 4.78 is 0. The lowest BCUT2D eigenvalue weighted by Gasteiger charge is -2.09. The Hall–Kier alpha value is -0.0551. The van der Waals surface area contributed by atoms with Gasteiger partial charge in [0.1, 0.15) is 0 Å². The standard InChI is InChI=1S/C4H12BNO2/c1-6(2)3-5(8)4-7/h7-8H,3-4H2,1-2H3. The van der Waals surface area contributed by atoms with Crippen LogP contribution in [0, 0.1) is 0 Å². The number of aliphatic hydroxyl groups is 1. The van der Waals surface area contributed by atoms with Crippen LogP contribution in [0.25, 0.3) is 0 Å². The van der Waals surface area contributed by atoms with Crippen molar-refractivity contribution in [1.29, 1.82) is 0 Å². The van der Waals surface area contributed by atoms with Gasteiger partial charge in [-0.1, -0.05) is 0 Å². The molecule has 0 rings (SSSR count). The van der Waals surface area contributed by atoms with Crippen molar-refractivity contribution >= 4 is 6.92 Å². The largest absolute Gasteiger partial charge is 0.448 e. The van der Waals surface area contributed by atoms with E-state index in [-0.39, 0.29) is 6.51 Å². The van der Waals surface area contributed by atoms with Crippen molar-refractivity contribution in [2.75, 3.05) is 27.0 Å². The fourth-order valence-corrected chi connectivity index (χ4v) is 0.479. The van der Waals surface area contributed by atoms with Crippen LogP contribution in [0.1, 0.15) is 0 Å². The number of hydrogen-bond donors (Lipinski definition) is 2. The maximum absolute atomic E-state index is 8.74. The van der Waals surface area contributed by atoms with Crippen LogP contribution in [-0.2, 0) is 0 Å². The summed E-state index contributed by atoms with van der Waals surface area (Å²) in [7, 11) is 3.69. The van der Waals surface area contributed by atoms with E-state index in [0.717, 1.165) is 0 Å². The Morgan fingerprint density at radius 2 is 2.00 bits per heavy atom. The third-order valence-electron chi connectivity index (χ3n) is 0.787. The van der Waals surface area contributed by atoms with Crippen LogP contribution >= 0.6 is 0 Å². The molecule has 0 fully saturated rings. The zero-order valence-electron chi connectivity index (χ0n) is 5.33. The van der Waals surface area contributed by atoms with E-state index in [9.17, 15) is 0 Å². The van der Waals surface area contributed by atoms with Gasteiger partial charge in [0.15, 0.2) is 0 Å². The molecule has 0 aliphatic heterocycles. The maximum atomic E-state index is 8.74. The molecule has 0 aromatic heterocycles. The van der Waals surface area contributed by atoms with Gasteiger partial charge in [0.2, 0.25) is 0 Å². The molecule has 0 saturated carbocycles. The zero-order chi connectivity index (χ0) is 6.57. The van der Waals surface area contributed by atoms with Crippen molar-refractivity contribution < 1.29 is 10.1 Å². The summed E-state index contributed by atoms with van der Waals surface area (Å²) in [6.07, 6.45) is 0.524. The van der Waals surface area contributed by atoms with Crippen LogP contribution in [-0.4, -0.2) is 49.0 Å². The first-order valence-electron chi connectivity index (χ1n) is 2.60. The molecule has 8 heavy (non-hydrogen) atoms. The topological polar surface area (TPSA) is 43.7 Å². The molecule has 0 aromatic carbocycles. The van der Waals surface area contributed by atoms with Crippen molar-refractivity contribution in [3.63, 3.8) is 0 Å². The molecular formula is C4H12BNO2. The molecule has 0 saturated heterocycles. The second kappa shape index (κ2) is 3.89. The van der Waals surface area contributed by atoms with E-state index < -0.39 is 6.92 Å². The zero-order valence-corrected chi connectivity index (χ0v) is 5.33. The highest BCUT2D eigenvalue weighted by Crippen LogP contribution is 1.77. The first-order chi connectivity index (χ1) is 3.66. The lowest BCUT2D eigenvalue weighted by molar-refractivity contribution is 0.326. The molecule has 0 heterocycles. The quantitative estimate of drug-likeness (QED) is 0.447. The van der Waals surface area contributed by atoms with E-state index in [4.69, 9.17) is 10.1 Å². The predicted molar refractivity (Wildman–Crippen MR) is 33.6 cm³/mol. The average Bonchev–Trinajstić information content (AvgIpc) is 1.65. The molecule has 0 aromatic rings. The smallest absolute Gasteiger partial charge is 0.330 e. The van der Waals surface area contributed by atoms with Crippen LogP contribution < -0.4 is 0 Å². The highest BCUT2D eigenvalue weighted by atomic mass is 16.3. The molecule has 0 amide bonds. The van der Waals surface area contributed by atoms with Gasteiger partial charge in [-0.05, 0) is 14.1 Å². The minimum Gasteiger partial charge on any atom is -0.448 e. The Kier molecular flexibility index (Phi) is 3.86. The molecule has 0 atom stereocenters. The third-order valence-corrected chi connectivity index (χ3v) is 0.787. The normalized spacial score (nSPS) is 10.1. The molecule has 2 N–H and O–H groups in total. The molecular weight excluding hydrogens is 105 g/mol.